The van der Waals surface area contributed by atoms with Crippen molar-refractivity contribution in [2.75, 3.05) is 0 Å². The minimum Gasteiger partial charge on any atom is -0.385 e. The van der Waals surface area contributed by atoms with Crippen molar-refractivity contribution in [3.8, 4) is 5.69 Å². The Hall–Kier alpha value is -1.79. The first kappa shape index (κ1) is 10.7. The van der Waals surface area contributed by atoms with Gasteiger partial charge in [-0.2, -0.15) is 0 Å². The maximum atomic E-state index is 9.29. The highest BCUT2D eigenvalue weighted by Gasteiger charge is 2.09. The molecule has 16 heavy (non-hydrogen) atoms. The molecule has 84 valence electrons. The molecule has 6 heteroatoms. The zero-order chi connectivity index (χ0) is 11.5. The van der Waals surface area contributed by atoms with E-state index in [0.717, 1.165) is 11.3 Å². The number of nitrogens with zero attached hydrogens (tertiary/aromatic N) is 4. The van der Waals surface area contributed by atoms with Crippen LogP contribution in [0.15, 0.2) is 24.3 Å². The van der Waals surface area contributed by atoms with Crippen LogP contribution in [0.3, 0.4) is 0 Å². The summed E-state index contributed by atoms with van der Waals surface area (Å²) in [5.41, 5.74) is 7.32. The molecular formula is C10H13N5O. The zero-order valence-electron chi connectivity index (χ0n) is 8.91. The lowest BCUT2D eigenvalue weighted by molar-refractivity contribution is 0.188. The molecule has 1 atom stereocenters. The summed E-state index contributed by atoms with van der Waals surface area (Å²) in [4.78, 5) is 1.38. The topological polar surface area (TPSA) is 89.9 Å². The van der Waals surface area contributed by atoms with E-state index in [2.05, 4.69) is 15.4 Å². The Bertz CT molecular complexity index is 480. The molecule has 0 radical (unpaired) electrons. The number of nitrogens with two attached hydrogens (primary N) is 1. The average molecular weight is 219 g/mol. The molecule has 0 bridgehead atoms. The third-order valence-electron chi connectivity index (χ3n) is 2.18. The monoisotopic (exact) mass is 219 g/mol. The van der Waals surface area contributed by atoms with Gasteiger partial charge in [-0.3, -0.25) is 0 Å². The summed E-state index contributed by atoms with van der Waals surface area (Å²) in [6, 6.07) is 7.54. The van der Waals surface area contributed by atoms with Gasteiger partial charge in [0.05, 0.1) is 5.69 Å². The molecule has 0 aliphatic rings. The first-order valence-corrected chi connectivity index (χ1v) is 4.98. The van der Waals surface area contributed by atoms with Crippen molar-refractivity contribution in [2.24, 2.45) is 5.73 Å². The fourth-order valence-electron chi connectivity index (χ4n) is 1.31. The van der Waals surface area contributed by atoms with Crippen LogP contribution in [-0.2, 0) is 6.54 Å². The fourth-order valence-corrected chi connectivity index (χ4v) is 1.31. The predicted octanol–water partition coefficient (Wildman–Crippen LogP) is 0.174. The van der Waals surface area contributed by atoms with E-state index in [1.807, 2.05) is 24.3 Å². The summed E-state index contributed by atoms with van der Waals surface area (Å²) in [6.07, 6.45) is -0.716. The Morgan fingerprint density at radius 1 is 1.50 bits per heavy atom. The van der Waals surface area contributed by atoms with Crippen molar-refractivity contribution in [2.45, 2.75) is 19.6 Å². The molecule has 3 N–H and O–H groups in total. The predicted molar refractivity (Wildman–Crippen MR) is 57.7 cm³/mol. The largest absolute Gasteiger partial charge is 0.385 e. The van der Waals surface area contributed by atoms with Crippen LogP contribution in [-0.4, -0.2) is 25.3 Å². The molecule has 0 amide bonds. The minimum absolute atomic E-state index is 0.304. The van der Waals surface area contributed by atoms with Crippen LogP contribution in [0.4, 0.5) is 0 Å². The molecule has 1 aromatic heterocycles. The maximum Gasteiger partial charge on any atom is 0.203 e. The Labute approximate surface area is 92.7 Å². The second kappa shape index (κ2) is 4.38. The highest BCUT2D eigenvalue weighted by Crippen LogP contribution is 2.09. The first-order valence-electron chi connectivity index (χ1n) is 4.98. The second-order valence-corrected chi connectivity index (χ2v) is 3.49. The number of hydrogen-bond donors (Lipinski definition) is 2. The highest BCUT2D eigenvalue weighted by atomic mass is 16.3. The van der Waals surface area contributed by atoms with Crippen molar-refractivity contribution >= 4 is 0 Å². The normalized spacial score (nSPS) is 12.7. The number of aromatic nitrogens is 4. The second-order valence-electron chi connectivity index (χ2n) is 3.49. The number of hydrogen-bond acceptors (Lipinski definition) is 5. The lowest BCUT2D eigenvalue weighted by Crippen LogP contribution is -2.03. The SMILES string of the molecule is C[C@@H](O)c1nnn(-c2cccc(CN)c2)n1. The molecule has 1 aromatic carbocycles. The lowest BCUT2D eigenvalue weighted by Gasteiger charge is -2.01. The molecular weight excluding hydrogens is 206 g/mol. The third-order valence-corrected chi connectivity index (χ3v) is 2.18. The third kappa shape index (κ3) is 2.07. The molecule has 0 aliphatic carbocycles. The van der Waals surface area contributed by atoms with Crippen LogP contribution in [0.1, 0.15) is 24.4 Å². The van der Waals surface area contributed by atoms with Gasteiger partial charge in [0.25, 0.3) is 0 Å². The number of aliphatic hydroxyl groups excluding tert-OH is 1. The van der Waals surface area contributed by atoms with Crippen LogP contribution in [0.5, 0.6) is 0 Å². The van der Waals surface area contributed by atoms with Gasteiger partial charge in [0.15, 0.2) is 0 Å². The quantitative estimate of drug-likeness (QED) is 0.768. The molecule has 0 saturated heterocycles. The van der Waals surface area contributed by atoms with Gasteiger partial charge in [0.2, 0.25) is 5.82 Å². The van der Waals surface area contributed by atoms with E-state index in [1.54, 1.807) is 6.92 Å². The summed E-state index contributed by atoms with van der Waals surface area (Å²) in [5.74, 6) is 0.304. The minimum atomic E-state index is -0.716. The van der Waals surface area contributed by atoms with Crippen molar-refractivity contribution in [1.82, 2.24) is 20.2 Å². The Kier molecular flexibility index (Phi) is 2.93. The molecule has 0 spiro atoms. The molecule has 0 aliphatic heterocycles. The van der Waals surface area contributed by atoms with Gasteiger partial charge in [-0.25, -0.2) is 0 Å². The summed E-state index contributed by atoms with van der Waals surface area (Å²) < 4.78 is 0. The molecule has 1 heterocycles. The van der Waals surface area contributed by atoms with Crippen molar-refractivity contribution in [3.05, 3.63) is 35.7 Å². The van der Waals surface area contributed by atoms with E-state index in [-0.39, 0.29) is 0 Å². The lowest BCUT2D eigenvalue weighted by atomic mass is 10.2. The zero-order valence-corrected chi connectivity index (χ0v) is 8.91. The molecule has 0 unspecified atom stereocenters. The smallest absolute Gasteiger partial charge is 0.203 e. The van der Waals surface area contributed by atoms with Gasteiger partial charge in [0.1, 0.15) is 6.10 Å². The van der Waals surface area contributed by atoms with Gasteiger partial charge in [-0.05, 0) is 29.8 Å². The van der Waals surface area contributed by atoms with Crippen molar-refractivity contribution in [3.63, 3.8) is 0 Å². The van der Waals surface area contributed by atoms with E-state index in [4.69, 9.17) is 5.73 Å². The number of aliphatic hydroxyl groups is 1. The van der Waals surface area contributed by atoms with E-state index >= 15 is 0 Å². The number of rotatable bonds is 3. The Morgan fingerprint density at radius 3 is 2.94 bits per heavy atom. The van der Waals surface area contributed by atoms with E-state index in [1.165, 1.54) is 4.80 Å². The van der Waals surface area contributed by atoms with Crippen LogP contribution >= 0.6 is 0 Å². The Morgan fingerprint density at radius 2 is 2.31 bits per heavy atom. The Balaban J connectivity index is 2.34. The molecule has 2 aromatic rings. The summed E-state index contributed by atoms with van der Waals surface area (Å²) in [6.45, 7) is 2.06. The average Bonchev–Trinajstić information content (AvgIpc) is 2.78. The first-order chi connectivity index (χ1) is 7.70. The molecule has 0 fully saturated rings. The van der Waals surface area contributed by atoms with Crippen LogP contribution in [0.25, 0.3) is 5.69 Å². The highest BCUT2D eigenvalue weighted by molar-refractivity contribution is 5.33. The van der Waals surface area contributed by atoms with E-state index in [9.17, 15) is 5.11 Å². The van der Waals surface area contributed by atoms with Crippen LogP contribution in [0.2, 0.25) is 0 Å². The van der Waals surface area contributed by atoms with E-state index < -0.39 is 6.10 Å². The molecule has 0 saturated carbocycles. The number of tetrazole rings is 1. The standard InChI is InChI=1S/C10H13N5O/c1-7(16)10-12-14-15(13-10)9-4-2-3-8(5-9)6-11/h2-5,7,16H,6,11H2,1H3/t7-/m1/s1. The van der Waals surface area contributed by atoms with Gasteiger partial charge >= 0.3 is 0 Å². The van der Waals surface area contributed by atoms with Crippen molar-refractivity contribution in [1.29, 1.82) is 0 Å². The fraction of sp³-hybridized carbons (Fsp3) is 0.300. The molecule has 2 rings (SSSR count). The maximum absolute atomic E-state index is 9.29. The van der Waals surface area contributed by atoms with Gasteiger partial charge in [-0.15, -0.1) is 15.0 Å². The molecule has 6 nitrogen and oxygen atoms in total. The number of benzene rings is 1. The van der Waals surface area contributed by atoms with E-state index in [0.29, 0.717) is 12.4 Å². The van der Waals surface area contributed by atoms with Gasteiger partial charge in [-0.1, -0.05) is 12.1 Å². The van der Waals surface area contributed by atoms with Crippen LogP contribution in [0, 0.1) is 0 Å². The van der Waals surface area contributed by atoms with Gasteiger partial charge < -0.3 is 10.8 Å². The van der Waals surface area contributed by atoms with Gasteiger partial charge in [0, 0.05) is 6.54 Å². The van der Waals surface area contributed by atoms with Crippen LogP contribution < -0.4 is 5.73 Å². The summed E-state index contributed by atoms with van der Waals surface area (Å²) in [7, 11) is 0. The van der Waals surface area contributed by atoms with Crippen molar-refractivity contribution < 1.29 is 5.11 Å². The summed E-state index contributed by atoms with van der Waals surface area (Å²) >= 11 is 0. The summed E-state index contributed by atoms with van der Waals surface area (Å²) in [5, 5.41) is 21.0.